The van der Waals surface area contributed by atoms with Gasteiger partial charge < -0.3 is 19.1 Å². The molecule has 4 nitrogen and oxygen atoms in total. The Morgan fingerprint density at radius 3 is 1.34 bits per heavy atom. The molecule has 0 aliphatic carbocycles. The van der Waals surface area contributed by atoms with Gasteiger partial charge in [-0.15, -0.1) is 0 Å². The van der Waals surface area contributed by atoms with E-state index in [1.54, 1.807) is 0 Å². The topological polar surface area (TPSA) is 30.9 Å². The summed E-state index contributed by atoms with van der Waals surface area (Å²) in [4.78, 5) is 2.21. The molecule has 0 amide bonds. The molecule has 0 aromatic rings. The Hall–Kier alpha value is -1.20. The van der Waals surface area contributed by atoms with Crippen LogP contribution in [0.5, 0.6) is 0 Å². The quantitative estimate of drug-likeness (QED) is 0.0487. The van der Waals surface area contributed by atoms with Gasteiger partial charge in [-0.25, -0.2) is 0 Å². The fourth-order valence-corrected chi connectivity index (χ4v) is 7.13. The van der Waals surface area contributed by atoms with Crippen LogP contribution in [-0.4, -0.2) is 63.2 Å². The zero-order chi connectivity index (χ0) is 36.3. The van der Waals surface area contributed by atoms with Crippen molar-refractivity contribution in [2.45, 2.75) is 218 Å². The molecule has 0 aromatic carbocycles. The fourth-order valence-electron chi connectivity index (χ4n) is 7.13. The molecule has 1 aliphatic heterocycles. The van der Waals surface area contributed by atoms with Crippen LogP contribution >= 0.6 is 0 Å². The molecule has 4 heteroatoms. The Bertz CT molecular complexity index is 785. The maximum atomic E-state index is 6.95. The lowest BCUT2D eigenvalue weighted by Gasteiger charge is -2.29. The fraction of sp³-hybridized carbons (Fsp3) is 0.826. The zero-order valence-electron chi connectivity index (χ0n) is 34.3. The zero-order valence-corrected chi connectivity index (χ0v) is 34.3. The van der Waals surface area contributed by atoms with Gasteiger partial charge in [-0.1, -0.05) is 152 Å². The maximum absolute atomic E-state index is 6.95. The van der Waals surface area contributed by atoms with Crippen LogP contribution in [0.1, 0.15) is 188 Å². The molecular formula is C46H85NO3. The molecule has 0 spiro atoms. The summed E-state index contributed by atoms with van der Waals surface area (Å²) in [6.45, 7) is 7.55. The van der Waals surface area contributed by atoms with Gasteiger partial charge in [0.25, 0.3) is 0 Å². The summed E-state index contributed by atoms with van der Waals surface area (Å²) in [5.41, 5.74) is 0. The van der Waals surface area contributed by atoms with Crippen LogP contribution in [0.4, 0.5) is 0 Å². The second kappa shape index (κ2) is 34.9. The molecule has 0 unspecified atom stereocenters. The molecular weight excluding hydrogens is 615 g/mol. The Balaban J connectivity index is 2.34. The molecule has 1 rings (SSSR count). The third-order valence-corrected chi connectivity index (χ3v) is 10.2. The number of nitrogens with zero attached hydrogens (tertiary/aromatic N) is 1. The van der Waals surface area contributed by atoms with Gasteiger partial charge in [-0.3, -0.25) is 0 Å². The predicted octanol–water partition coefficient (Wildman–Crippen LogP) is 13.5. The van der Waals surface area contributed by atoms with Crippen LogP contribution in [0.3, 0.4) is 0 Å². The first-order chi connectivity index (χ1) is 24.5. The van der Waals surface area contributed by atoms with E-state index < -0.39 is 0 Å². The highest BCUT2D eigenvalue weighted by molar-refractivity contribution is 4.94. The van der Waals surface area contributed by atoms with Gasteiger partial charge in [0.05, 0.1) is 18.3 Å². The van der Waals surface area contributed by atoms with Gasteiger partial charge in [0.15, 0.2) is 0 Å². The summed E-state index contributed by atoms with van der Waals surface area (Å²) in [6.07, 6.45) is 52.6. The largest absolute Gasteiger partial charge is 0.376 e. The first kappa shape index (κ1) is 46.8. The summed E-state index contributed by atoms with van der Waals surface area (Å²) in [6, 6.07) is 0. The predicted molar refractivity (Wildman–Crippen MR) is 220 cm³/mol. The second-order valence-corrected chi connectivity index (χ2v) is 15.3. The van der Waals surface area contributed by atoms with Crippen molar-refractivity contribution in [2.75, 3.05) is 27.7 Å². The number of hydrogen-bond donors (Lipinski definition) is 0. The van der Waals surface area contributed by atoms with Gasteiger partial charge in [0, 0.05) is 13.7 Å². The summed E-state index contributed by atoms with van der Waals surface area (Å²) < 4.78 is 19.2. The van der Waals surface area contributed by atoms with Gasteiger partial charge in [0.1, 0.15) is 12.2 Å². The molecule has 0 radical (unpaired) electrons. The standard InChI is InChI=1S/C46H85NO3/c1-7-9-11-13-15-17-19-21-23-25-27-29-31-33-35-37-39-43(50-46-44(41-47(4)5)49-42(3)45(46)48-6)40-38-36-34-32-30-28-26-24-22-20-18-16-14-12-10-8-2/h15-18,21-24,42-46H,7-14,19-20,25-41H2,1-6H3/b17-15-,18-16-,23-21-,24-22-/t42-,44+,45-,46+/m0/s1. The summed E-state index contributed by atoms with van der Waals surface area (Å²) >= 11 is 0. The number of unbranched alkanes of at least 4 members (excludes halogenated alkanes) is 18. The monoisotopic (exact) mass is 700 g/mol. The SMILES string of the molecule is CCCCC/C=C\C/C=C\CCCCCCCCC(CCCCCCCC/C=C\C/C=C\CCCCC)O[C@H]1[C@@H](OC)[C@H](C)O[C@@H]1CN(C)C. The van der Waals surface area contributed by atoms with Gasteiger partial charge in [-0.2, -0.15) is 0 Å². The van der Waals surface area contributed by atoms with E-state index >= 15 is 0 Å². The van der Waals surface area contributed by atoms with E-state index in [9.17, 15) is 0 Å². The minimum absolute atomic E-state index is 0.00850. The van der Waals surface area contributed by atoms with Crippen molar-refractivity contribution in [2.24, 2.45) is 0 Å². The van der Waals surface area contributed by atoms with Crippen molar-refractivity contribution < 1.29 is 14.2 Å². The molecule has 0 bridgehead atoms. The molecule has 1 aliphatic rings. The smallest absolute Gasteiger partial charge is 0.114 e. The minimum atomic E-state index is 0.00850. The molecule has 292 valence electrons. The van der Waals surface area contributed by atoms with Crippen molar-refractivity contribution >= 4 is 0 Å². The van der Waals surface area contributed by atoms with Crippen molar-refractivity contribution in [3.05, 3.63) is 48.6 Å². The van der Waals surface area contributed by atoms with E-state index in [4.69, 9.17) is 14.2 Å². The van der Waals surface area contributed by atoms with Crippen molar-refractivity contribution in [1.82, 2.24) is 4.90 Å². The van der Waals surface area contributed by atoms with E-state index in [0.29, 0.717) is 6.10 Å². The highest BCUT2D eigenvalue weighted by Gasteiger charge is 2.44. The summed E-state index contributed by atoms with van der Waals surface area (Å²) in [5.74, 6) is 0. The number of methoxy groups -OCH3 is 1. The van der Waals surface area contributed by atoms with E-state index in [1.165, 1.54) is 141 Å². The van der Waals surface area contributed by atoms with Crippen molar-refractivity contribution in [3.63, 3.8) is 0 Å². The highest BCUT2D eigenvalue weighted by atomic mass is 16.6. The van der Waals surface area contributed by atoms with Crippen LogP contribution in [0, 0.1) is 0 Å². The number of rotatable bonds is 35. The lowest BCUT2D eigenvalue weighted by atomic mass is 10.0. The first-order valence-corrected chi connectivity index (χ1v) is 21.6. The minimum Gasteiger partial charge on any atom is -0.376 e. The van der Waals surface area contributed by atoms with E-state index in [2.05, 4.69) is 88.4 Å². The summed E-state index contributed by atoms with van der Waals surface area (Å²) in [5, 5.41) is 0. The Morgan fingerprint density at radius 2 is 0.940 bits per heavy atom. The van der Waals surface area contributed by atoms with Gasteiger partial charge >= 0.3 is 0 Å². The molecule has 4 atom stereocenters. The molecule has 1 saturated heterocycles. The van der Waals surface area contributed by atoms with Crippen molar-refractivity contribution in [3.8, 4) is 0 Å². The number of hydrogen-bond acceptors (Lipinski definition) is 4. The maximum Gasteiger partial charge on any atom is 0.114 e. The van der Waals surface area contributed by atoms with Gasteiger partial charge in [-0.05, 0) is 98.1 Å². The number of ether oxygens (including phenoxy) is 3. The molecule has 0 saturated carbocycles. The van der Waals surface area contributed by atoms with Crippen LogP contribution in [0.25, 0.3) is 0 Å². The van der Waals surface area contributed by atoms with E-state index in [0.717, 1.165) is 32.2 Å². The molecule has 50 heavy (non-hydrogen) atoms. The molecule has 0 N–H and O–H groups in total. The van der Waals surface area contributed by atoms with Crippen LogP contribution in [0.2, 0.25) is 0 Å². The Morgan fingerprint density at radius 1 is 0.540 bits per heavy atom. The number of allylic oxidation sites excluding steroid dienone is 8. The number of likely N-dealkylation sites (N-methyl/N-ethyl adjacent to an activating group) is 1. The second-order valence-electron chi connectivity index (χ2n) is 15.3. The van der Waals surface area contributed by atoms with Crippen LogP contribution in [0.15, 0.2) is 48.6 Å². The van der Waals surface area contributed by atoms with Crippen LogP contribution < -0.4 is 0 Å². The summed E-state index contributed by atoms with van der Waals surface area (Å²) in [7, 11) is 6.06. The van der Waals surface area contributed by atoms with E-state index in [-0.39, 0.29) is 24.4 Å². The van der Waals surface area contributed by atoms with Gasteiger partial charge in [0.2, 0.25) is 0 Å². The highest BCUT2D eigenvalue weighted by Crippen LogP contribution is 2.30. The third-order valence-electron chi connectivity index (χ3n) is 10.2. The molecule has 1 fully saturated rings. The lowest BCUT2D eigenvalue weighted by molar-refractivity contribution is -0.0952. The first-order valence-electron chi connectivity index (χ1n) is 21.6. The Kier molecular flexibility index (Phi) is 32.6. The normalized spacial score (nSPS) is 20.1. The Labute approximate surface area is 312 Å². The van der Waals surface area contributed by atoms with Crippen molar-refractivity contribution in [1.29, 1.82) is 0 Å². The average molecular weight is 700 g/mol. The third kappa shape index (κ3) is 26.6. The van der Waals surface area contributed by atoms with Crippen LogP contribution in [-0.2, 0) is 14.2 Å². The average Bonchev–Trinajstić information content (AvgIpc) is 3.39. The molecule has 0 aromatic heterocycles. The molecule has 1 heterocycles. The lowest BCUT2D eigenvalue weighted by Crippen LogP contribution is -2.42. The van der Waals surface area contributed by atoms with E-state index in [1.807, 2.05) is 7.11 Å².